The Morgan fingerprint density at radius 1 is 1.20 bits per heavy atom. The predicted octanol–water partition coefficient (Wildman–Crippen LogP) is 2.83. The van der Waals surface area contributed by atoms with Gasteiger partial charge < -0.3 is 0 Å². The van der Waals surface area contributed by atoms with Crippen molar-refractivity contribution < 1.29 is 8.42 Å². The van der Waals surface area contributed by atoms with Crippen LogP contribution in [0.15, 0.2) is 41.4 Å². The second-order valence-corrected chi connectivity index (χ2v) is 7.86. The molecule has 2 aromatic rings. The van der Waals surface area contributed by atoms with Gasteiger partial charge in [-0.15, -0.1) is 0 Å². The number of sulfonamides is 1. The minimum Gasteiger partial charge on any atom is -0.256 e. The van der Waals surface area contributed by atoms with Gasteiger partial charge in [0, 0.05) is 22.5 Å². The molecular weight excluding hydrogens is 340 g/mol. The summed E-state index contributed by atoms with van der Waals surface area (Å²) in [5, 5.41) is 0.659. The van der Waals surface area contributed by atoms with Crippen LogP contribution in [0.4, 0.5) is 0 Å². The van der Waals surface area contributed by atoms with Crippen LogP contribution >= 0.6 is 15.9 Å². The molecule has 1 N–H and O–H groups in total. The zero-order valence-corrected chi connectivity index (χ0v) is 13.2. The van der Waals surface area contributed by atoms with Crippen molar-refractivity contribution in [3.8, 4) is 0 Å². The number of pyridine rings is 1. The molecule has 0 amide bonds. The first-order valence-corrected chi connectivity index (χ1v) is 8.98. The van der Waals surface area contributed by atoms with Crippen LogP contribution in [0.1, 0.15) is 19.3 Å². The second kappa shape index (κ2) is 5.42. The summed E-state index contributed by atoms with van der Waals surface area (Å²) in [6.45, 7) is 0. The van der Waals surface area contributed by atoms with E-state index in [4.69, 9.17) is 0 Å². The lowest BCUT2D eigenvalue weighted by Crippen LogP contribution is -2.37. The maximum atomic E-state index is 12.6. The fraction of sp³-hybridized carbons (Fsp3) is 0.357. The van der Waals surface area contributed by atoms with Gasteiger partial charge in [-0.3, -0.25) is 4.98 Å². The number of halogens is 1. The molecule has 1 aromatic heterocycles. The Kier molecular flexibility index (Phi) is 3.79. The summed E-state index contributed by atoms with van der Waals surface area (Å²) in [6, 6.07) is 8.68. The zero-order valence-electron chi connectivity index (χ0n) is 10.8. The van der Waals surface area contributed by atoms with E-state index < -0.39 is 10.0 Å². The Labute approximate surface area is 126 Å². The van der Waals surface area contributed by atoms with Crippen molar-refractivity contribution in [2.75, 3.05) is 0 Å². The molecule has 0 bridgehead atoms. The molecule has 0 radical (unpaired) electrons. The molecule has 1 aliphatic carbocycles. The number of hydrogen-bond acceptors (Lipinski definition) is 3. The highest BCUT2D eigenvalue weighted by Crippen LogP contribution is 2.28. The normalized spacial score (nSPS) is 23.2. The fourth-order valence-corrected chi connectivity index (χ4v) is 5.04. The van der Waals surface area contributed by atoms with E-state index in [-0.39, 0.29) is 10.9 Å². The van der Waals surface area contributed by atoms with Gasteiger partial charge >= 0.3 is 0 Å². The standard InChI is InChI=1S/C14H15BrN2O2S/c15-11-5-1-7-13(11)17-20(18,19)14-8-2-6-12-10(14)4-3-9-16-12/h2-4,6,8-9,11,13,17H,1,5,7H2. The molecule has 2 unspecified atom stereocenters. The number of fused-ring (bicyclic) bond motifs is 1. The third kappa shape index (κ3) is 2.60. The molecule has 0 aliphatic heterocycles. The molecule has 1 fully saturated rings. The number of nitrogens with one attached hydrogen (secondary N) is 1. The average molecular weight is 355 g/mol. The van der Waals surface area contributed by atoms with Gasteiger partial charge in [0.05, 0.1) is 10.4 Å². The molecular formula is C14H15BrN2O2S. The quantitative estimate of drug-likeness (QED) is 0.862. The van der Waals surface area contributed by atoms with Gasteiger partial charge in [0.2, 0.25) is 10.0 Å². The van der Waals surface area contributed by atoms with Crippen molar-refractivity contribution in [2.24, 2.45) is 0 Å². The Morgan fingerprint density at radius 2 is 2.05 bits per heavy atom. The summed E-state index contributed by atoms with van der Waals surface area (Å²) < 4.78 is 28.0. The fourth-order valence-electron chi connectivity index (χ4n) is 2.62. The van der Waals surface area contributed by atoms with E-state index in [9.17, 15) is 8.42 Å². The number of nitrogens with zero attached hydrogens (tertiary/aromatic N) is 1. The smallest absolute Gasteiger partial charge is 0.241 e. The Bertz CT molecular complexity index is 728. The van der Waals surface area contributed by atoms with Gasteiger partial charge in [-0.2, -0.15) is 0 Å². The summed E-state index contributed by atoms with van der Waals surface area (Å²) in [6.07, 6.45) is 4.58. The highest BCUT2D eigenvalue weighted by Gasteiger charge is 2.30. The van der Waals surface area contributed by atoms with E-state index in [1.807, 2.05) is 6.07 Å². The SMILES string of the molecule is O=S(=O)(NC1CCCC1Br)c1cccc2ncccc12. The van der Waals surface area contributed by atoms with Crippen LogP contribution in [0.5, 0.6) is 0 Å². The molecule has 1 heterocycles. The minimum atomic E-state index is -3.52. The average Bonchev–Trinajstić information content (AvgIpc) is 2.83. The van der Waals surface area contributed by atoms with Gasteiger partial charge in [0.15, 0.2) is 0 Å². The largest absolute Gasteiger partial charge is 0.256 e. The Hall–Kier alpha value is -0.980. The Morgan fingerprint density at radius 3 is 2.80 bits per heavy atom. The zero-order chi connectivity index (χ0) is 14.2. The van der Waals surface area contributed by atoms with Crippen LogP contribution in [-0.4, -0.2) is 24.3 Å². The van der Waals surface area contributed by atoms with E-state index in [0.717, 1.165) is 19.3 Å². The first-order chi connectivity index (χ1) is 9.58. The summed E-state index contributed by atoms with van der Waals surface area (Å²) >= 11 is 3.54. The number of rotatable bonds is 3. The molecule has 3 rings (SSSR count). The van der Waals surface area contributed by atoms with Crippen LogP contribution in [0.3, 0.4) is 0 Å². The molecule has 0 spiro atoms. The number of hydrogen-bond donors (Lipinski definition) is 1. The first kappa shape index (κ1) is 14.0. The van der Waals surface area contributed by atoms with Crippen molar-refractivity contribution in [2.45, 2.75) is 35.0 Å². The lowest BCUT2D eigenvalue weighted by atomic mass is 10.2. The molecule has 2 atom stereocenters. The molecule has 4 nitrogen and oxygen atoms in total. The second-order valence-electron chi connectivity index (χ2n) is 5.00. The van der Waals surface area contributed by atoms with E-state index in [2.05, 4.69) is 25.6 Å². The van der Waals surface area contributed by atoms with Crippen molar-refractivity contribution >= 4 is 36.9 Å². The Balaban J connectivity index is 2.01. The molecule has 1 aromatic carbocycles. The maximum absolute atomic E-state index is 12.6. The third-order valence-electron chi connectivity index (χ3n) is 3.63. The van der Waals surface area contributed by atoms with Gasteiger partial charge in [-0.05, 0) is 37.1 Å². The van der Waals surface area contributed by atoms with Crippen LogP contribution in [0.25, 0.3) is 10.9 Å². The topological polar surface area (TPSA) is 59.1 Å². The predicted molar refractivity (Wildman–Crippen MR) is 82.4 cm³/mol. The lowest BCUT2D eigenvalue weighted by molar-refractivity contribution is 0.557. The van der Waals surface area contributed by atoms with Crippen LogP contribution < -0.4 is 4.72 Å². The number of aromatic nitrogens is 1. The van der Waals surface area contributed by atoms with Crippen molar-refractivity contribution in [1.82, 2.24) is 9.71 Å². The van der Waals surface area contributed by atoms with E-state index in [1.54, 1.807) is 30.5 Å². The van der Waals surface area contributed by atoms with E-state index >= 15 is 0 Å². The number of benzene rings is 1. The summed E-state index contributed by atoms with van der Waals surface area (Å²) in [7, 11) is -3.52. The van der Waals surface area contributed by atoms with Crippen molar-refractivity contribution in [3.05, 3.63) is 36.5 Å². The van der Waals surface area contributed by atoms with Crippen molar-refractivity contribution in [3.63, 3.8) is 0 Å². The lowest BCUT2D eigenvalue weighted by Gasteiger charge is -2.17. The highest BCUT2D eigenvalue weighted by molar-refractivity contribution is 9.09. The van der Waals surface area contributed by atoms with Crippen molar-refractivity contribution in [1.29, 1.82) is 0 Å². The van der Waals surface area contributed by atoms with Crippen LogP contribution in [0, 0.1) is 0 Å². The summed E-state index contributed by atoms with van der Waals surface area (Å²) in [5.41, 5.74) is 0.692. The molecule has 20 heavy (non-hydrogen) atoms. The molecule has 1 aliphatic rings. The van der Waals surface area contributed by atoms with Gasteiger partial charge in [-0.1, -0.05) is 28.4 Å². The van der Waals surface area contributed by atoms with E-state index in [0.29, 0.717) is 15.8 Å². The van der Waals surface area contributed by atoms with Crippen LogP contribution in [0.2, 0.25) is 0 Å². The van der Waals surface area contributed by atoms with E-state index in [1.165, 1.54) is 0 Å². The van der Waals surface area contributed by atoms with Gasteiger partial charge in [0.1, 0.15) is 0 Å². The molecule has 106 valence electrons. The molecule has 6 heteroatoms. The highest BCUT2D eigenvalue weighted by atomic mass is 79.9. The molecule has 1 saturated carbocycles. The number of alkyl halides is 1. The molecule has 0 saturated heterocycles. The van der Waals surface area contributed by atoms with Gasteiger partial charge in [0.25, 0.3) is 0 Å². The third-order valence-corrected chi connectivity index (χ3v) is 6.28. The monoisotopic (exact) mass is 354 g/mol. The summed E-state index contributed by atoms with van der Waals surface area (Å²) in [5.74, 6) is 0. The van der Waals surface area contributed by atoms with Gasteiger partial charge in [-0.25, -0.2) is 13.1 Å². The summed E-state index contributed by atoms with van der Waals surface area (Å²) in [4.78, 5) is 4.71. The minimum absolute atomic E-state index is 0.0353. The maximum Gasteiger partial charge on any atom is 0.241 e. The van der Waals surface area contributed by atoms with Crippen LogP contribution in [-0.2, 0) is 10.0 Å². The first-order valence-electron chi connectivity index (χ1n) is 6.58.